The van der Waals surface area contributed by atoms with Crippen LogP contribution in [0.5, 0.6) is 0 Å². The molecule has 5 aliphatic rings. The van der Waals surface area contributed by atoms with E-state index in [-0.39, 0.29) is 92.6 Å². The topological polar surface area (TPSA) is 73.6 Å². The molecule has 6 rings (SSSR count). The number of esters is 2. The van der Waals surface area contributed by atoms with Crippen molar-refractivity contribution in [1.82, 2.24) is 0 Å². The molecule has 1 aromatic heterocycles. The number of hydrogen-bond acceptors (Lipinski definition) is 5. The van der Waals surface area contributed by atoms with E-state index in [2.05, 4.69) is 54.5 Å². The van der Waals surface area contributed by atoms with E-state index in [4.69, 9.17) is 9.47 Å². The van der Waals surface area contributed by atoms with Gasteiger partial charge in [-0.05, 0) is 110 Å². The molecule has 7 heteroatoms. The van der Waals surface area contributed by atoms with Gasteiger partial charge in [-0.25, -0.2) is 9.36 Å². The highest BCUT2D eigenvalue weighted by molar-refractivity contribution is 5.96. The van der Waals surface area contributed by atoms with Gasteiger partial charge in [0.15, 0.2) is 18.2 Å². The second-order valence-electron chi connectivity index (χ2n) is 17.3. The first-order chi connectivity index (χ1) is 20.4. The number of nitrogens with zero attached hydrogens (tertiary/aromatic N) is 1. The van der Waals surface area contributed by atoms with Crippen molar-refractivity contribution >= 4 is 17.7 Å². The summed E-state index contributed by atoms with van der Waals surface area (Å²) in [4.78, 5) is 40.9. The van der Waals surface area contributed by atoms with Crippen molar-refractivity contribution in [2.24, 2.45) is 57.3 Å². The number of allylic oxidation sites excluding steroid dienone is 2. The third kappa shape index (κ3) is 4.89. The number of halogens is 1. The van der Waals surface area contributed by atoms with Crippen LogP contribution in [0, 0.1) is 50.2 Å². The van der Waals surface area contributed by atoms with Crippen LogP contribution in [-0.4, -0.2) is 30.9 Å². The molecule has 9 atom stereocenters. The van der Waals surface area contributed by atoms with Crippen LogP contribution in [0.25, 0.3) is 0 Å². The van der Waals surface area contributed by atoms with Gasteiger partial charge in [0.1, 0.15) is 18.7 Å². The largest absolute Gasteiger partial charge is 1.00 e. The molecule has 1 aromatic rings. The molecule has 6 nitrogen and oxygen atoms in total. The van der Waals surface area contributed by atoms with Crippen molar-refractivity contribution in [3.05, 3.63) is 41.7 Å². The minimum atomic E-state index is -0.514. The normalized spacial score (nSPS) is 43.2. The van der Waals surface area contributed by atoms with E-state index in [1.54, 1.807) is 0 Å². The Bertz CT molecular complexity index is 1440. The first-order valence-corrected chi connectivity index (χ1v) is 17.0. The molecule has 0 aromatic carbocycles. The van der Waals surface area contributed by atoms with E-state index in [9.17, 15) is 14.4 Å². The molecule has 5 aliphatic carbocycles. The Morgan fingerprint density at radius 2 is 1.62 bits per heavy atom. The van der Waals surface area contributed by atoms with E-state index >= 15 is 0 Å². The van der Waals surface area contributed by atoms with Crippen LogP contribution in [0.2, 0.25) is 0 Å². The van der Waals surface area contributed by atoms with Crippen LogP contribution in [-0.2, 0) is 26.1 Å². The lowest BCUT2D eigenvalue weighted by atomic mass is 9.33. The summed E-state index contributed by atoms with van der Waals surface area (Å²) in [6.45, 7) is 16.2. The smallest absolute Gasteiger partial charge is 0.344 e. The summed E-state index contributed by atoms with van der Waals surface area (Å²) in [6.07, 6.45) is 14.0. The highest BCUT2D eigenvalue weighted by Gasteiger charge is 2.70. The van der Waals surface area contributed by atoms with Gasteiger partial charge < -0.3 is 33.5 Å². The zero-order chi connectivity index (χ0) is 32.1. The third-order valence-electron chi connectivity index (χ3n) is 14.6. The van der Waals surface area contributed by atoms with E-state index in [1.807, 2.05) is 36.1 Å². The summed E-state index contributed by atoms with van der Waals surface area (Å²) >= 11 is 0. The Morgan fingerprint density at radius 1 is 0.933 bits per heavy atom. The fraction of sp³-hybridized carbons (Fsp3) is 0.737. The molecule has 0 saturated heterocycles. The molecule has 0 amide bonds. The Kier molecular flexibility index (Phi) is 8.57. The Balaban J connectivity index is 0.00000400. The number of ether oxygens (including phenoxy) is 2. The average Bonchev–Trinajstić information content (AvgIpc) is 2.96. The van der Waals surface area contributed by atoms with E-state index in [0.29, 0.717) is 5.56 Å². The monoisotopic (exact) mass is 731 g/mol. The maximum absolute atomic E-state index is 14.7. The molecule has 0 aliphatic heterocycles. The number of rotatable bonds is 3. The molecule has 0 bridgehead atoms. The van der Waals surface area contributed by atoms with Gasteiger partial charge in [-0.2, -0.15) is 0 Å². The zero-order valence-corrected chi connectivity index (χ0v) is 31.1. The molecular formula is C38H54INO5. The maximum Gasteiger partial charge on any atom is 0.344 e. The SMILES string of the molecule is COC(=O)[C@@]1(C)CC[C@]2(C)CC[C@]3(C)C(=CC(=O)[C@@H]4[C@@]5(C)CC[C@H](OC(=O)c6ccc[n+](C)c6)C(C)(C)[C@@H]5CC[C@]43C)[C@@H]2C1.[I-]. The van der Waals surface area contributed by atoms with Gasteiger partial charge in [-0.1, -0.05) is 47.1 Å². The molecule has 248 valence electrons. The average molecular weight is 732 g/mol. The van der Waals surface area contributed by atoms with Crippen LogP contribution in [0.4, 0.5) is 0 Å². The maximum atomic E-state index is 14.7. The van der Waals surface area contributed by atoms with Crippen molar-refractivity contribution < 1.29 is 52.4 Å². The predicted octanol–water partition coefficient (Wildman–Crippen LogP) is 4.19. The molecule has 0 spiro atoms. The van der Waals surface area contributed by atoms with Gasteiger partial charge in [0.25, 0.3) is 0 Å². The number of fused-ring (bicyclic) bond motifs is 7. The number of methoxy groups -OCH3 is 1. The number of hydrogen-bond donors (Lipinski definition) is 0. The number of ketones is 1. The Hall–Kier alpha value is -1.77. The van der Waals surface area contributed by atoms with E-state index in [1.165, 1.54) is 12.7 Å². The van der Waals surface area contributed by atoms with Gasteiger partial charge in [0.05, 0.1) is 12.5 Å². The summed E-state index contributed by atoms with van der Waals surface area (Å²) in [6, 6.07) is 3.69. The van der Waals surface area contributed by atoms with Crippen LogP contribution < -0.4 is 28.5 Å². The van der Waals surface area contributed by atoms with Crippen molar-refractivity contribution in [1.29, 1.82) is 0 Å². The minimum absolute atomic E-state index is 0. The zero-order valence-electron chi connectivity index (χ0n) is 28.9. The van der Waals surface area contributed by atoms with Crippen LogP contribution >= 0.6 is 0 Å². The van der Waals surface area contributed by atoms with Gasteiger partial charge in [0.2, 0.25) is 0 Å². The number of carbonyl (C=O) groups excluding carboxylic acids is 3. The van der Waals surface area contributed by atoms with Crippen molar-refractivity contribution in [3.63, 3.8) is 0 Å². The molecule has 0 radical (unpaired) electrons. The van der Waals surface area contributed by atoms with E-state index < -0.39 is 5.41 Å². The lowest BCUT2D eigenvalue weighted by Crippen LogP contribution is -3.00. The molecule has 0 N–H and O–H groups in total. The number of pyridine rings is 1. The number of aromatic nitrogens is 1. The molecular weight excluding hydrogens is 677 g/mol. The fourth-order valence-electron chi connectivity index (χ4n) is 11.7. The third-order valence-corrected chi connectivity index (χ3v) is 14.6. The molecule has 4 saturated carbocycles. The molecule has 0 unspecified atom stereocenters. The highest BCUT2D eigenvalue weighted by atomic mass is 127. The summed E-state index contributed by atoms with van der Waals surface area (Å²) < 4.78 is 13.4. The van der Waals surface area contributed by atoms with Crippen molar-refractivity contribution in [3.8, 4) is 0 Å². The molecule has 1 heterocycles. The van der Waals surface area contributed by atoms with Gasteiger partial charge in [0, 0.05) is 17.4 Å². The van der Waals surface area contributed by atoms with Gasteiger partial charge in [-0.15, -0.1) is 0 Å². The van der Waals surface area contributed by atoms with Crippen LogP contribution in [0.3, 0.4) is 0 Å². The van der Waals surface area contributed by atoms with Crippen molar-refractivity contribution in [2.45, 2.75) is 112 Å². The van der Waals surface area contributed by atoms with Crippen molar-refractivity contribution in [2.75, 3.05) is 7.11 Å². The van der Waals surface area contributed by atoms with E-state index in [0.717, 1.165) is 57.8 Å². The summed E-state index contributed by atoms with van der Waals surface area (Å²) in [5.41, 5.74) is 0.746. The first-order valence-electron chi connectivity index (χ1n) is 17.0. The molecule has 45 heavy (non-hydrogen) atoms. The predicted molar refractivity (Wildman–Crippen MR) is 168 cm³/mol. The Morgan fingerprint density at radius 3 is 2.29 bits per heavy atom. The lowest BCUT2D eigenvalue weighted by molar-refractivity contribution is -0.671. The van der Waals surface area contributed by atoms with Gasteiger partial charge in [-0.3, -0.25) is 9.59 Å². The summed E-state index contributed by atoms with van der Waals surface area (Å²) in [5, 5.41) is 0. The quantitative estimate of drug-likeness (QED) is 0.265. The van der Waals surface area contributed by atoms with Gasteiger partial charge >= 0.3 is 11.9 Å². The second-order valence-corrected chi connectivity index (χ2v) is 17.3. The van der Waals surface area contributed by atoms with Crippen LogP contribution in [0.15, 0.2) is 36.2 Å². The lowest BCUT2D eigenvalue weighted by Gasteiger charge is -2.70. The highest BCUT2D eigenvalue weighted by Crippen LogP contribution is 2.75. The second kappa shape index (κ2) is 11.2. The number of carbonyl (C=O) groups is 3. The fourth-order valence-corrected chi connectivity index (χ4v) is 11.7. The first kappa shape index (κ1) is 34.6. The van der Waals surface area contributed by atoms with Crippen LogP contribution in [0.1, 0.15) is 117 Å². The standard InChI is InChI=1S/C38H54NO5.HI/c1-33(2)28-12-15-38(7)30(36(28,5)14-13-29(33)44-31(41)24-11-10-20-39(8)23-24)27(40)21-25-26-22-35(4,32(42)43-9)17-16-34(26,3)18-19-37(25,38)6;/h10-11,20-21,23,26,28-30H,12-19,22H2,1-9H3;1H/q+1;/p-1/t26-,28-,29-,30+,34+,35-,36-,37+,38+;/m0./s1. The minimum Gasteiger partial charge on any atom is -1.00 e. The summed E-state index contributed by atoms with van der Waals surface area (Å²) in [7, 11) is 3.41. The summed E-state index contributed by atoms with van der Waals surface area (Å²) in [5.74, 6) is 0.288. The number of aryl methyl sites for hydroxylation is 1. The Labute approximate surface area is 287 Å². The molecule has 4 fully saturated rings.